The summed E-state index contributed by atoms with van der Waals surface area (Å²) in [4.78, 5) is 16.3. The Kier molecular flexibility index (Phi) is 5.50. The van der Waals surface area contributed by atoms with Gasteiger partial charge in [0.1, 0.15) is 0 Å². The van der Waals surface area contributed by atoms with Crippen LogP contribution in [0, 0.1) is 11.3 Å². The van der Waals surface area contributed by atoms with E-state index in [2.05, 4.69) is 35.5 Å². The number of aromatic nitrogens is 1. The number of nitriles is 1. The fraction of sp³-hybridized carbons (Fsp3) is 0.312. The van der Waals surface area contributed by atoms with Crippen molar-refractivity contribution in [1.29, 1.82) is 5.26 Å². The number of hydrogen-bond donors (Lipinski definition) is 2. The predicted molar refractivity (Wildman–Crippen MR) is 87.7 cm³/mol. The highest BCUT2D eigenvalue weighted by Gasteiger charge is 2.07. The third kappa shape index (κ3) is 4.57. The van der Waals surface area contributed by atoms with Crippen LogP contribution in [-0.4, -0.2) is 17.4 Å². The second kappa shape index (κ2) is 7.57. The van der Waals surface area contributed by atoms with Crippen LogP contribution in [0.25, 0.3) is 0 Å². The van der Waals surface area contributed by atoms with E-state index in [4.69, 9.17) is 5.26 Å². The van der Waals surface area contributed by atoms with Gasteiger partial charge in [0.25, 0.3) is 0 Å². The lowest BCUT2D eigenvalue weighted by atomic mass is 10.2. The van der Waals surface area contributed by atoms with Gasteiger partial charge >= 0.3 is 0 Å². The summed E-state index contributed by atoms with van der Waals surface area (Å²) in [5.41, 5.74) is 2.30. The quantitative estimate of drug-likeness (QED) is 0.859. The Bertz CT molecular complexity index is 670. The lowest BCUT2D eigenvalue weighted by Crippen LogP contribution is -2.29. The smallest absolute Gasteiger partial charge is 0.239 e. The molecule has 1 aromatic heterocycles. The van der Waals surface area contributed by atoms with Crippen LogP contribution in [0.2, 0.25) is 0 Å². The Morgan fingerprint density at radius 2 is 2.09 bits per heavy atom. The van der Waals surface area contributed by atoms with E-state index in [1.807, 2.05) is 5.38 Å². The van der Waals surface area contributed by atoms with Crippen LogP contribution in [0.3, 0.4) is 0 Å². The van der Waals surface area contributed by atoms with E-state index in [0.717, 1.165) is 16.4 Å². The molecule has 0 aliphatic carbocycles. The van der Waals surface area contributed by atoms with Gasteiger partial charge in [-0.2, -0.15) is 5.26 Å². The van der Waals surface area contributed by atoms with E-state index < -0.39 is 0 Å². The first-order valence-electron chi connectivity index (χ1n) is 7.03. The standard InChI is InChI=1S/C16H18N4OS/c1-11(2)16-20-14(10-22-16)8-19-15(21)9-18-13-5-3-12(7-17)4-6-13/h3-6,10-11,18H,8-9H2,1-2H3,(H,19,21). The summed E-state index contributed by atoms with van der Waals surface area (Å²) in [7, 11) is 0. The van der Waals surface area contributed by atoms with E-state index in [-0.39, 0.29) is 12.5 Å². The van der Waals surface area contributed by atoms with Crippen LogP contribution in [-0.2, 0) is 11.3 Å². The molecule has 0 radical (unpaired) electrons. The van der Waals surface area contributed by atoms with E-state index in [0.29, 0.717) is 18.0 Å². The first kappa shape index (κ1) is 16.0. The predicted octanol–water partition coefficient (Wildman–Crippen LogP) is 2.87. The van der Waals surface area contributed by atoms with Crippen LogP contribution in [0.4, 0.5) is 5.69 Å². The minimum Gasteiger partial charge on any atom is -0.376 e. The van der Waals surface area contributed by atoms with Crippen molar-refractivity contribution in [3.63, 3.8) is 0 Å². The Balaban J connectivity index is 1.76. The molecule has 0 unspecified atom stereocenters. The fourth-order valence-corrected chi connectivity index (χ4v) is 2.60. The molecule has 22 heavy (non-hydrogen) atoms. The number of amides is 1. The van der Waals surface area contributed by atoms with Crippen molar-refractivity contribution in [3.05, 3.63) is 45.9 Å². The van der Waals surface area contributed by atoms with Gasteiger partial charge in [0.15, 0.2) is 0 Å². The molecule has 2 N–H and O–H groups in total. The second-order valence-corrected chi connectivity index (χ2v) is 6.04. The van der Waals surface area contributed by atoms with Crippen LogP contribution < -0.4 is 10.6 Å². The highest BCUT2D eigenvalue weighted by atomic mass is 32.1. The molecule has 2 aromatic rings. The maximum Gasteiger partial charge on any atom is 0.239 e. The molecule has 0 bridgehead atoms. The molecule has 2 rings (SSSR count). The average molecular weight is 314 g/mol. The minimum atomic E-state index is -0.0940. The summed E-state index contributed by atoms with van der Waals surface area (Å²) in [6, 6.07) is 9.03. The van der Waals surface area contributed by atoms with Gasteiger partial charge in [-0.05, 0) is 24.3 Å². The zero-order valence-electron chi connectivity index (χ0n) is 12.6. The number of carbonyl (C=O) groups is 1. The molecule has 0 aliphatic heterocycles. The van der Waals surface area contributed by atoms with Gasteiger partial charge < -0.3 is 10.6 Å². The summed E-state index contributed by atoms with van der Waals surface area (Å²) in [5.74, 6) is 0.316. The molecular formula is C16H18N4OS. The Hall–Kier alpha value is -2.39. The van der Waals surface area contributed by atoms with Crippen molar-refractivity contribution in [1.82, 2.24) is 10.3 Å². The molecule has 6 heteroatoms. The molecule has 114 valence electrons. The number of carbonyl (C=O) groups excluding carboxylic acids is 1. The van der Waals surface area contributed by atoms with Gasteiger partial charge in [0, 0.05) is 17.0 Å². The topological polar surface area (TPSA) is 77.8 Å². The molecule has 1 heterocycles. The van der Waals surface area contributed by atoms with Crippen molar-refractivity contribution < 1.29 is 4.79 Å². The average Bonchev–Trinajstić information content (AvgIpc) is 3.00. The molecule has 0 saturated carbocycles. The number of thiazole rings is 1. The van der Waals surface area contributed by atoms with Gasteiger partial charge in [-0.15, -0.1) is 11.3 Å². The second-order valence-electron chi connectivity index (χ2n) is 5.15. The number of anilines is 1. The Morgan fingerprint density at radius 3 is 2.68 bits per heavy atom. The lowest BCUT2D eigenvalue weighted by Gasteiger charge is -2.07. The summed E-state index contributed by atoms with van der Waals surface area (Å²) >= 11 is 1.62. The van der Waals surface area contributed by atoms with Crippen molar-refractivity contribution in [3.8, 4) is 6.07 Å². The van der Waals surface area contributed by atoms with Crippen molar-refractivity contribution >= 4 is 22.9 Å². The van der Waals surface area contributed by atoms with Crippen LogP contribution in [0.1, 0.15) is 36.0 Å². The molecule has 1 aromatic carbocycles. The van der Waals surface area contributed by atoms with Crippen LogP contribution >= 0.6 is 11.3 Å². The van der Waals surface area contributed by atoms with E-state index in [9.17, 15) is 4.79 Å². The van der Waals surface area contributed by atoms with Gasteiger partial charge in [0.2, 0.25) is 5.91 Å². The summed E-state index contributed by atoms with van der Waals surface area (Å²) in [6.45, 7) is 4.83. The molecule has 0 saturated heterocycles. The molecule has 1 amide bonds. The van der Waals surface area contributed by atoms with Gasteiger partial charge in [-0.1, -0.05) is 13.8 Å². The Morgan fingerprint density at radius 1 is 1.36 bits per heavy atom. The van der Waals surface area contributed by atoms with Crippen molar-refractivity contribution in [2.45, 2.75) is 26.3 Å². The summed E-state index contributed by atoms with van der Waals surface area (Å²) in [5, 5.41) is 17.6. The van der Waals surface area contributed by atoms with Gasteiger partial charge in [0.05, 0.1) is 35.4 Å². The number of hydrogen-bond acceptors (Lipinski definition) is 5. The molecule has 0 atom stereocenters. The number of rotatable bonds is 6. The van der Waals surface area contributed by atoms with E-state index in [1.165, 1.54) is 0 Å². The van der Waals surface area contributed by atoms with E-state index in [1.54, 1.807) is 35.6 Å². The van der Waals surface area contributed by atoms with Crippen molar-refractivity contribution in [2.24, 2.45) is 0 Å². The molecule has 0 aliphatic rings. The number of nitrogens with one attached hydrogen (secondary N) is 2. The minimum absolute atomic E-state index is 0.0940. The van der Waals surface area contributed by atoms with E-state index >= 15 is 0 Å². The first-order valence-corrected chi connectivity index (χ1v) is 7.91. The Labute approximate surface area is 134 Å². The SMILES string of the molecule is CC(C)c1nc(CNC(=O)CNc2ccc(C#N)cc2)cs1. The molecule has 0 fully saturated rings. The fourth-order valence-electron chi connectivity index (χ4n) is 1.77. The highest BCUT2D eigenvalue weighted by molar-refractivity contribution is 7.09. The maximum atomic E-state index is 11.8. The third-order valence-electron chi connectivity index (χ3n) is 3.00. The number of nitrogens with zero attached hydrogens (tertiary/aromatic N) is 2. The molecule has 5 nitrogen and oxygen atoms in total. The van der Waals surface area contributed by atoms with Crippen molar-refractivity contribution in [2.75, 3.05) is 11.9 Å². The zero-order valence-corrected chi connectivity index (χ0v) is 13.4. The largest absolute Gasteiger partial charge is 0.376 e. The molecule has 0 spiro atoms. The highest BCUT2D eigenvalue weighted by Crippen LogP contribution is 2.18. The lowest BCUT2D eigenvalue weighted by molar-refractivity contribution is -0.119. The van der Waals surface area contributed by atoms with Gasteiger partial charge in [-0.25, -0.2) is 4.98 Å². The monoisotopic (exact) mass is 314 g/mol. The zero-order chi connectivity index (χ0) is 15.9. The normalized spacial score (nSPS) is 10.3. The maximum absolute atomic E-state index is 11.8. The van der Waals surface area contributed by atoms with Crippen LogP contribution in [0.15, 0.2) is 29.6 Å². The third-order valence-corrected chi connectivity index (χ3v) is 4.19. The number of benzene rings is 1. The molecular weight excluding hydrogens is 296 g/mol. The summed E-state index contributed by atoms with van der Waals surface area (Å²) < 4.78 is 0. The van der Waals surface area contributed by atoms with Crippen LogP contribution in [0.5, 0.6) is 0 Å². The summed E-state index contributed by atoms with van der Waals surface area (Å²) in [6.07, 6.45) is 0. The first-order chi connectivity index (χ1) is 10.6. The van der Waals surface area contributed by atoms with Gasteiger partial charge in [-0.3, -0.25) is 4.79 Å².